The van der Waals surface area contributed by atoms with Crippen LogP contribution in [-0.2, 0) is 15.6 Å². The van der Waals surface area contributed by atoms with Gasteiger partial charge in [0.25, 0.3) is 0 Å². The molecular formula is C12H22N2O2S. The van der Waals surface area contributed by atoms with E-state index in [1.165, 1.54) is 0 Å². The average Bonchev–Trinajstić information content (AvgIpc) is 2.80. The molecule has 0 aromatic heterocycles. The van der Waals surface area contributed by atoms with Gasteiger partial charge in [0.05, 0.1) is 11.7 Å². The van der Waals surface area contributed by atoms with Crippen molar-refractivity contribution in [2.75, 3.05) is 18.6 Å². The Hall–Kier alpha value is -0.420. The third kappa shape index (κ3) is 2.55. The number of hydrogen-bond donors (Lipinski definition) is 1. The fourth-order valence-corrected chi connectivity index (χ4v) is 3.60. The van der Waals surface area contributed by atoms with E-state index in [0.717, 1.165) is 38.6 Å². The van der Waals surface area contributed by atoms with Crippen LogP contribution in [0.2, 0.25) is 0 Å². The van der Waals surface area contributed by atoms with Gasteiger partial charge < -0.3 is 4.90 Å². The van der Waals surface area contributed by atoms with Crippen molar-refractivity contribution in [3.05, 3.63) is 0 Å². The van der Waals surface area contributed by atoms with Crippen LogP contribution in [0.1, 0.15) is 39.0 Å². The molecule has 1 heterocycles. The van der Waals surface area contributed by atoms with E-state index in [1.807, 2.05) is 11.8 Å². The molecule has 2 fully saturated rings. The van der Waals surface area contributed by atoms with E-state index in [0.29, 0.717) is 5.75 Å². The monoisotopic (exact) mass is 258 g/mol. The van der Waals surface area contributed by atoms with Crippen LogP contribution < -0.4 is 5.32 Å². The summed E-state index contributed by atoms with van der Waals surface area (Å²) in [5.74, 6) is 0.952. The molecule has 2 atom stereocenters. The van der Waals surface area contributed by atoms with Crippen molar-refractivity contribution in [3.63, 3.8) is 0 Å². The van der Waals surface area contributed by atoms with Gasteiger partial charge in [-0.1, -0.05) is 12.8 Å². The highest BCUT2D eigenvalue weighted by Gasteiger charge is 2.50. The van der Waals surface area contributed by atoms with Crippen molar-refractivity contribution in [2.24, 2.45) is 0 Å². The fourth-order valence-electron chi connectivity index (χ4n) is 3.06. The standard InChI is InChI=1S/C12H22N2O2S/c1-10-13-12(6-3-4-7-12)11(15)14(10)8-5-9-17(2)16/h10,13H,3-9H2,1-2H3. The molecule has 1 saturated heterocycles. The highest BCUT2D eigenvalue weighted by molar-refractivity contribution is 7.84. The summed E-state index contributed by atoms with van der Waals surface area (Å²) >= 11 is 0. The lowest BCUT2D eigenvalue weighted by molar-refractivity contribution is -0.133. The van der Waals surface area contributed by atoms with E-state index in [-0.39, 0.29) is 17.6 Å². The van der Waals surface area contributed by atoms with Crippen molar-refractivity contribution in [3.8, 4) is 0 Å². The zero-order valence-corrected chi connectivity index (χ0v) is 11.5. The molecule has 1 aliphatic heterocycles. The summed E-state index contributed by atoms with van der Waals surface area (Å²) < 4.78 is 11.0. The summed E-state index contributed by atoms with van der Waals surface area (Å²) in [5, 5.41) is 3.47. The van der Waals surface area contributed by atoms with Gasteiger partial charge in [0.15, 0.2) is 0 Å². The first kappa shape index (κ1) is 13.0. The van der Waals surface area contributed by atoms with Crippen LogP contribution in [0.15, 0.2) is 0 Å². The number of carbonyl (C=O) groups is 1. The number of carbonyl (C=O) groups excluding carboxylic acids is 1. The fraction of sp³-hybridized carbons (Fsp3) is 0.917. The van der Waals surface area contributed by atoms with Crippen LogP contribution in [0.5, 0.6) is 0 Å². The lowest BCUT2D eigenvalue weighted by atomic mass is 9.98. The molecule has 17 heavy (non-hydrogen) atoms. The van der Waals surface area contributed by atoms with Crippen molar-refractivity contribution in [1.82, 2.24) is 10.2 Å². The second-order valence-corrected chi connectivity index (χ2v) is 6.79. The summed E-state index contributed by atoms with van der Waals surface area (Å²) in [7, 11) is -0.757. The van der Waals surface area contributed by atoms with E-state index < -0.39 is 10.8 Å². The highest BCUT2D eigenvalue weighted by Crippen LogP contribution is 2.36. The van der Waals surface area contributed by atoms with Gasteiger partial charge in [-0.3, -0.25) is 14.3 Å². The Bertz CT molecular complexity index is 326. The summed E-state index contributed by atoms with van der Waals surface area (Å²) in [5.41, 5.74) is -0.259. The van der Waals surface area contributed by atoms with Crippen LogP contribution in [0, 0.1) is 0 Å². The molecular weight excluding hydrogens is 236 g/mol. The van der Waals surface area contributed by atoms with Crippen LogP contribution in [0.4, 0.5) is 0 Å². The van der Waals surface area contributed by atoms with E-state index >= 15 is 0 Å². The van der Waals surface area contributed by atoms with Gasteiger partial charge in [0, 0.05) is 29.4 Å². The first-order valence-corrected chi connectivity index (χ1v) is 8.17. The molecule has 0 radical (unpaired) electrons. The Morgan fingerprint density at radius 2 is 2.12 bits per heavy atom. The quantitative estimate of drug-likeness (QED) is 0.813. The van der Waals surface area contributed by atoms with Crippen LogP contribution in [-0.4, -0.2) is 45.3 Å². The predicted octanol–water partition coefficient (Wildman–Crippen LogP) is 0.846. The second-order valence-electron chi connectivity index (χ2n) is 5.24. The zero-order chi connectivity index (χ0) is 12.5. The lowest BCUT2D eigenvalue weighted by Gasteiger charge is -2.21. The van der Waals surface area contributed by atoms with Crippen molar-refractivity contribution in [2.45, 2.75) is 50.7 Å². The van der Waals surface area contributed by atoms with Crippen LogP contribution in [0.25, 0.3) is 0 Å². The first-order chi connectivity index (χ1) is 8.05. The maximum Gasteiger partial charge on any atom is 0.244 e. The van der Waals surface area contributed by atoms with Crippen molar-refractivity contribution in [1.29, 1.82) is 0 Å². The van der Waals surface area contributed by atoms with Gasteiger partial charge in [-0.2, -0.15) is 0 Å². The molecule has 1 aliphatic carbocycles. The second kappa shape index (κ2) is 5.06. The van der Waals surface area contributed by atoms with Gasteiger partial charge in [-0.15, -0.1) is 0 Å². The highest BCUT2D eigenvalue weighted by atomic mass is 32.2. The van der Waals surface area contributed by atoms with Gasteiger partial charge in [0.1, 0.15) is 0 Å². The normalized spacial score (nSPS) is 29.2. The van der Waals surface area contributed by atoms with Gasteiger partial charge in [-0.05, 0) is 26.2 Å². The molecule has 5 heteroatoms. The summed E-state index contributed by atoms with van der Waals surface area (Å²) in [4.78, 5) is 14.3. The van der Waals surface area contributed by atoms with Crippen molar-refractivity contribution >= 4 is 16.7 Å². The SMILES string of the molecule is CC1NC2(CCCC2)C(=O)N1CCCS(C)=O. The van der Waals surface area contributed by atoms with Crippen molar-refractivity contribution < 1.29 is 9.00 Å². The molecule has 1 N–H and O–H groups in total. The summed E-state index contributed by atoms with van der Waals surface area (Å²) in [6, 6.07) is 0. The first-order valence-electron chi connectivity index (χ1n) is 6.44. The average molecular weight is 258 g/mol. The minimum Gasteiger partial charge on any atom is -0.326 e. The maximum absolute atomic E-state index is 12.4. The number of rotatable bonds is 4. The molecule has 98 valence electrons. The smallest absolute Gasteiger partial charge is 0.244 e. The predicted molar refractivity (Wildman–Crippen MR) is 69.1 cm³/mol. The summed E-state index contributed by atoms with van der Waals surface area (Å²) in [6.45, 7) is 2.78. The molecule has 1 saturated carbocycles. The van der Waals surface area contributed by atoms with Crippen LogP contribution >= 0.6 is 0 Å². The molecule has 2 aliphatic rings. The van der Waals surface area contributed by atoms with Gasteiger partial charge in [-0.25, -0.2) is 0 Å². The topological polar surface area (TPSA) is 49.4 Å². The van der Waals surface area contributed by atoms with E-state index in [4.69, 9.17) is 0 Å². The molecule has 4 nitrogen and oxygen atoms in total. The van der Waals surface area contributed by atoms with Crippen LogP contribution in [0.3, 0.4) is 0 Å². The summed E-state index contributed by atoms with van der Waals surface area (Å²) in [6.07, 6.45) is 6.93. The Labute approximate surface area is 106 Å². The molecule has 2 rings (SSSR count). The van der Waals surface area contributed by atoms with Gasteiger partial charge in [0.2, 0.25) is 5.91 Å². The van der Waals surface area contributed by atoms with E-state index in [9.17, 15) is 9.00 Å². The molecule has 0 bridgehead atoms. The minimum absolute atomic E-state index is 0.130. The van der Waals surface area contributed by atoms with E-state index in [2.05, 4.69) is 5.32 Å². The number of hydrogen-bond acceptors (Lipinski definition) is 3. The van der Waals surface area contributed by atoms with E-state index in [1.54, 1.807) is 6.26 Å². The minimum atomic E-state index is -0.757. The molecule has 1 amide bonds. The number of nitrogens with one attached hydrogen (secondary N) is 1. The number of nitrogens with zero attached hydrogens (tertiary/aromatic N) is 1. The third-order valence-electron chi connectivity index (χ3n) is 3.91. The Kier molecular flexibility index (Phi) is 3.88. The Morgan fingerprint density at radius 3 is 2.71 bits per heavy atom. The zero-order valence-electron chi connectivity index (χ0n) is 10.7. The molecule has 2 unspecified atom stereocenters. The largest absolute Gasteiger partial charge is 0.326 e. The molecule has 0 aromatic carbocycles. The van der Waals surface area contributed by atoms with Gasteiger partial charge >= 0.3 is 0 Å². The molecule has 1 spiro atoms. The lowest BCUT2D eigenvalue weighted by Crippen LogP contribution is -2.44. The maximum atomic E-state index is 12.4. The molecule has 0 aromatic rings. The Balaban J connectivity index is 1.94. The Morgan fingerprint density at radius 1 is 1.47 bits per heavy atom. The number of amides is 1. The third-order valence-corrected chi connectivity index (χ3v) is 4.77.